The van der Waals surface area contributed by atoms with Crippen LogP contribution in [0.1, 0.15) is 45.4 Å². The Balaban J connectivity index is 0.00000163. The molecule has 0 aromatic rings. The lowest BCUT2D eigenvalue weighted by atomic mass is 9.80. The summed E-state index contributed by atoms with van der Waals surface area (Å²) < 4.78 is 0. The summed E-state index contributed by atoms with van der Waals surface area (Å²) in [6, 6.07) is 0.133. The fraction of sp³-hybridized carbons (Fsp3) is 0.867. The summed E-state index contributed by atoms with van der Waals surface area (Å²) in [5.41, 5.74) is 5.50. The van der Waals surface area contributed by atoms with E-state index in [9.17, 15) is 9.90 Å². The number of unbranched alkanes of at least 4 members (excludes halogenated alkanes) is 1. The number of carboxylic acids is 1. The molecule has 1 unspecified atom stereocenters. The molecule has 1 aliphatic rings. The van der Waals surface area contributed by atoms with E-state index in [0.29, 0.717) is 19.2 Å². The fourth-order valence-corrected chi connectivity index (χ4v) is 2.71. The van der Waals surface area contributed by atoms with Gasteiger partial charge in [0.2, 0.25) is 0 Å². The van der Waals surface area contributed by atoms with Gasteiger partial charge in [0.05, 0.1) is 5.41 Å². The molecular weight excluding hydrogens is 315 g/mol. The zero-order valence-electron chi connectivity index (χ0n) is 14.3. The minimum absolute atomic E-state index is 0.133. The minimum atomic E-state index is -1.21. The largest absolute Gasteiger partial charge is 0.481 e. The van der Waals surface area contributed by atoms with Crippen LogP contribution in [0.4, 0.5) is 0 Å². The molecule has 1 rings (SSSR count). The summed E-state index contributed by atoms with van der Waals surface area (Å²) in [6.45, 7) is 4.39. The van der Waals surface area contributed by atoms with Crippen LogP contribution >= 0.6 is 0 Å². The van der Waals surface area contributed by atoms with E-state index in [0.717, 1.165) is 45.3 Å². The summed E-state index contributed by atoms with van der Waals surface area (Å²) in [6.07, 6.45) is 5.56. The number of hydrogen-bond acceptors (Lipinski definition) is 7. The number of nitrogens with zero attached hydrogens (tertiary/aromatic N) is 1. The Labute approximate surface area is 143 Å². The van der Waals surface area contributed by atoms with Crippen LogP contribution in [0.5, 0.6) is 0 Å². The number of carbonyl (C=O) groups excluding carboxylic acids is 2. The topological polar surface area (TPSA) is 141 Å². The van der Waals surface area contributed by atoms with Crippen molar-refractivity contribution < 1.29 is 29.5 Å². The first-order valence-electron chi connectivity index (χ1n) is 8.32. The maximum absolute atomic E-state index is 11.2. The van der Waals surface area contributed by atoms with Crippen molar-refractivity contribution in [2.24, 2.45) is 11.1 Å². The number of nitrogens with two attached hydrogens (primary N) is 1. The van der Waals surface area contributed by atoms with Crippen LogP contribution in [0.15, 0.2) is 0 Å². The molecule has 0 aromatic carbocycles. The Morgan fingerprint density at radius 1 is 1.25 bits per heavy atom. The van der Waals surface area contributed by atoms with Gasteiger partial charge in [-0.15, -0.1) is 0 Å². The molecule has 0 aliphatic carbocycles. The predicted octanol–water partition coefficient (Wildman–Crippen LogP) is -0.0499. The van der Waals surface area contributed by atoms with Gasteiger partial charge in [-0.2, -0.15) is 9.59 Å². The summed E-state index contributed by atoms with van der Waals surface area (Å²) in [4.78, 5) is 29.7. The Kier molecular flexibility index (Phi) is 11.5. The van der Waals surface area contributed by atoms with Crippen LogP contribution in [0, 0.1) is 5.41 Å². The number of hydrogen-bond donors (Lipinski definition) is 4. The second kappa shape index (κ2) is 12.2. The van der Waals surface area contributed by atoms with E-state index in [2.05, 4.69) is 4.90 Å². The normalized spacial score (nSPS) is 18.0. The lowest BCUT2D eigenvalue weighted by Crippen LogP contribution is -2.43. The van der Waals surface area contributed by atoms with Crippen LogP contribution in [-0.4, -0.2) is 65.0 Å². The molecule has 0 aromatic heterocycles. The summed E-state index contributed by atoms with van der Waals surface area (Å²) in [5.74, 6) is -0.690. The van der Waals surface area contributed by atoms with Crippen molar-refractivity contribution >= 4 is 19.2 Å². The third kappa shape index (κ3) is 9.80. The van der Waals surface area contributed by atoms with Crippen molar-refractivity contribution in [1.82, 2.24) is 4.90 Å². The third-order valence-electron chi connectivity index (χ3n) is 4.58. The first kappa shape index (κ1) is 22.8. The second-order valence-electron chi connectivity index (χ2n) is 6.60. The minimum Gasteiger partial charge on any atom is -0.481 e. The van der Waals surface area contributed by atoms with Crippen LogP contribution < -0.4 is 5.73 Å². The first-order chi connectivity index (χ1) is 11.2. The molecule has 0 saturated carbocycles. The summed E-state index contributed by atoms with van der Waals surface area (Å²) >= 11 is 0. The second-order valence-corrected chi connectivity index (χ2v) is 6.60. The molecule has 1 atom stereocenters. The smallest absolute Gasteiger partial charge is 0.451 e. The van der Waals surface area contributed by atoms with E-state index >= 15 is 0 Å². The predicted molar refractivity (Wildman–Crippen MR) is 87.9 cm³/mol. The molecule has 1 heterocycles. The molecule has 0 amide bonds. The van der Waals surface area contributed by atoms with Gasteiger partial charge in [-0.3, -0.25) is 4.79 Å². The number of piperidine rings is 1. The number of carboxylic acid groups (broad SMARTS) is 1. The van der Waals surface area contributed by atoms with Crippen LogP contribution in [0.25, 0.3) is 0 Å². The van der Waals surface area contributed by atoms with Gasteiger partial charge in [0, 0.05) is 6.04 Å². The highest BCUT2D eigenvalue weighted by Gasteiger charge is 2.36. The van der Waals surface area contributed by atoms with Crippen molar-refractivity contribution in [3.8, 4) is 0 Å². The van der Waals surface area contributed by atoms with Crippen molar-refractivity contribution in [2.45, 2.75) is 57.8 Å². The van der Waals surface area contributed by atoms with Gasteiger partial charge >= 0.3 is 19.2 Å². The SMILES string of the molecule is CC1(C(=O)O)CCN(CCC(N)CCCCB(O)O)CC1.O=C=O. The van der Waals surface area contributed by atoms with Crippen LogP contribution in [0.2, 0.25) is 6.32 Å². The van der Waals surface area contributed by atoms with Gasteiger partial charge in [-0.25, -0.2) is 0 Å². The lowest BCUT2D eigenvalue weighted by molar-refractivity contribution is -0.191. The van der Waals surface area contributed by atoms with Crippen LogP contribution in [-0.2, 0) is 14.4 Å². The maximum Gasteiger partial charge on any atom is 0.451 e. The van der Waals surface area contributed by atoms with Crippen molar-refractivity contribution in [3.05, 3.63) is 0 Å². The summed E-state index contributed by atoms with van der Waals surface area (Å²) in [7, 11) is -1.21. The number of aliphatic carboxylic acids is 1. The third-order valence-corrected chi connectivity index (χ3v) is 4.58. The zero-order valence-corrected chi connectivity index (χ0v) is 14.3. The maximum atomic E-state index is 11.2. The van der Waals surface area contributed by atoms with Gasteiger partial charge < -0.3 is 25.8 Å². The number of likely N-dealkylation sites (tertiary alicyclic amines) is 1. The molecule has 0 radical (unpaired) electrons. The van der Waals surface area contributed by atoms with Gasteiger partial charge in [-0.1, -0.05) is 12.8 Å². The quantitative estimate of drug-likeness (QED) is 0.337. The van der Waals surface area contributed by atoms with Gasteiger partial charge in [0.1, 0.15) is 0 Å². The lowest BCUT2D eigenvalue weighted by Gasteiger charge is -2.36. The highest BCUT2D eigenvalue weighted by Crippen LogP contribution is 2.31. The molecule has 24 heavy (non-hydrogen) atoms. The highest BCUT2D eigenvalue weighted by molar-refractivity contribution is 6.40. The number of rotatable bonds is 9. The molecular formula is C15H29BN2O6. The number of carbonyl (C=O) groups is 1. The molecule has 1 saturated heterocycles. The average molecular weight is 344 g/mol. The molecule has 138 valence electrons. The first-order valence-corrected chi connectivity index (χ1v) is 8.32. The van der Waals surface area contributed by atoms with Crippen molar-refractivity contribution in [2.75, 3.05) is 19.6 Å². The zero-order chi connectivity index (χ0) is 18.6. The monoisotopic (exact) mass is 344 g/mol. The van der Waals surface area contributed by atoms with Crippen molar-refractivity contribution in [3.63, 3.8) is 0 Å². The molecule has 8 nitrogen and oxygen atoms in total. The van der Waals surface area contributed by atoms with E-state index in [1.807, 2.05) is 6.92 Å². The molecule has 1 fully saturated rings. The Morgan fingerprint density at radius 3 is 2.25 bits per heavy atom. The summed E-state index contributed by atoms with van der Waals surface area (Å²) in [5, 5.41) is 26.7. The van der Waals surface area contributed by atoms with Crippen molar-refractivity contribution in [1.29, 1.82) is 0 Å². The molecule has 0 bridgehead atoms. The standard InChI is InChI=1S/C14H29BN2O4.CO2/c1-14(13(18)19)6-10-17(11-7-14)9-5-12(16)4-2-3-8-15(20)21;2-1-3/h12,20-21H,2-11,16H2,1H3,(H,18,19);. The van der Waals surface area contributed by atoms with Crippen LogP contribution in [0.3, 0.4) is 0 Å². The fourth-order valence-electron chi connectivity index (χ4n) is 2.71. The van der Waals surface area contributed by atoms with E-state index in [1.165, 1.54) is 0 Å². The Hall–Kier alpha value is -1.25. The van der Waals surface area contributed by atoms with E-state index in [1.54, 1.807) is 0 Å². The van der Waals surface area contributed by atoms with Gasteiger partial charge in [0.15, 0.2) is 0 Å². The highest BCUT2D eigenvalue weighted by atomic mass is 16.4. The van der Waals surface area contributed by atoms with Gasteiger partial charge in [-0.05, 0) is 58.6 Å². The molecule has 5 N–H and O–H groups in total. The Bertz CT molecular complexity index is 393. The van der Waals surface area contributed by atoms with Gasteiger partial charge in [0.25, 0.3) is 0 Å². The Morgan fingerprint density at radius 2 is 1.79 bits per heavy atom. The van der Waals surface area contributed by atoms with E-state index < -0.39 is 18.5 Å². The average Bonchev–Trinajstić information content (AvgIpc) is 2.51. The molecule has 1 aliphatic heterocycles. The molecule has 9 heteroatoms. The molecule has 0 spiro atoms. The van der Waals surface area contributed by atoms with E-state index in [4.69, 9.17) is 25.4 Å². The van der Waals surface area contributed by atoms with E-state index in [-0.39, 0.29) is 12.2 Å².